The van der Waals surface area contributed by atoms with Crippen LogP contribution in [-0.2, 0) is 16.0 Å². The van der Waals surface area contributed by atoms with Gasteiger partial charge in [-0.1, -0.05) is 0 Å². The van der Waals surface area contributed by atoms with E-state index in [9.17, 15) is 4.79 Å². The largest absolute Gasteiger partial charge is 0.384 e. The molecule has 0 radical (unpaired) electrons. The summed E-state index contributed by atoms with van der Waals surface area (Å²) >= 11 is 3.43. The number of aryl methyl sites for hydroxylation is 1. The second-order valence-electron chi connectivity index (χ2n) is 6.49. The predicted molar refractivity (Wildman–Crippen MR) is 103 cm³/mol. The van der Waals surface area contributed by atoms with Crippen molar-refractivity contribution in [3.05, 3.63) is 27.4 Å². The van der Waals surface area contributed by atoms with Crippen LogP contribution in [0.5, 0.6) is 0 Å². The number of aromatic nitrogens is 1. The van der Waals surface area contributed by atoms with Crippen molar-refractivity contribution in [3.63, 3.8) is 0 Å². The Kier molecular flexibility index (Phi) is 6.22. The fraction of sp³-hybridized carbons (Fsp3) is 0.556. The van der Waals surface area contributed by atoms with E-state index in [-0.39, 0.29) is 11.3 Å². The van der Waals surface area contributed by atoms with E-state index in [4.69, 9.17) is 4.74 Å². The van der Waals surface area contributed by atoms with Gasteiger partial charge in [0.1, 0.15) is 0 Å². The topological polar surface area (TPSA) is 63.2 Å². The first kappa shape index (κ1) is 18.5. The van der Waals surface area contributed by atoms with Gasteiger partial charge in [0, 0.05) is 23.9 Å². The monoisotopic (exact) mass is 379 g/mol. The fourth-order valence-electron chi connectivity index (χ4n) is 3.23. The van der Waals surface area contributed by atoms with Crippen molar-refractivity contribution >= 4 is 28.6 Å². The van der Waals surface area contributed by atoms with Crippen LogP contribution in [0.2, 0.25) is 0 Å². The summed E-state index contributed by atoms with van der Waals surface area (Å²) < 4.78 is 5.33. The lowest BCUT2D eigenvalue weighted by molar-refractivity contribution is -0.136. The third kappa shape index (κ3) is 4.47. The van der Waals surface area contributed by atoms with Gasteiger partial charge in [0.15, 0.2) is 0 Å². The third-order valence-corrected chi connectivity index (χ3v) is 6.59. The summed E-state index contributed by atoms with van der Waals surface area (Å²) in [7, 11) is 1.67. The molecule has 2 aromatic rings. The molecule has 0 saturated carbocycles. The standard InChI is InChI=1S/C18H25N3O2S2/c1-13-21-15(11-24-13)16-4-3-14(25-16)5-8-20-17(22)18(12-23-2)6-9-19-10-7-18/h3-4,11,19H,5-10,12H2,1-2H3,(H,20,22). The van der Waals surface area contributed by atoms with Crippen molar-refractivity contribution in [3.8, 4) is 10.6 Å². The molecule has 2 aromatic heterocycles. The van der Waals surface area contributed by atoms with E-state index >= 15 is 0 Å². The Morgan fingerprint density at radius 2 is 2.20 bits per heavy atom. The van der Waals surface area contributed by atoms with E-state index in [1.807, 2.05) is 6.92 Å². The van der Waals surface area contributed by atoms with Crippen LogP contribution in [0.1, 0.15) is 22.7 Å². The zero-order valence-electron chi connectivity index (χ0n) is 14.8. The molecule has 0 bridgehead atoms. The Bertz CT molecular complexity index is 699. The Morgan fingerprint density at radius 1 is 1.40 bits per heavy atom. The number of piperidine rings is 1. The summed E-state index contributed by atoms with van der Waals surface area (Å²) in [5.74, 6) is 0.128. The molecule has 0 aliphatic carbocycles. The summed E-state index contributed by atoms with van der Waals surface area (Å²) in [5, 5.41) is 9.62. The first-order chi connectivity index (χ1) is 12.1. The van der Waals surface area contributed by atoms with Crippen LogP contribution in [0.3, 0.4) is 0 Å². The summed E-state index contributed by atoms with van der Waals surface area (Å²) in [6.45, 7) is 4.92. The molecule has 25 heavy (non-hydrogen) atoms. The molecule has 0 unspecified atom stereocenters. The summed E-state index contributed by atoms with van der Waals surface area (Å²) in [5.41, 5.74) is 0.676. The Balaban J connectivity index is 1.53. The Hall–Kier alpha value is -1.28. The minimum Gasteiger partial charge on any atom is -0.384 e. The maximum Gasteiger partial charge on any atom is 0.228 e. The van der Waals surface area contributed by atoms with Crippen molar-refractivity contribution in [2.75, 3.05) is 33.4 Å². The van der Waals surface area contributed by atoms with Crippen molar-refractivity contribution in [2.24, 2.45) is 5.41 Å². The lowest BCUT2D eigenvalue weighted by Gasteiger charge is -2.35. The normalized spacial score (nSPS) is 16.7. The molecule has 0 aromatic carbocycles. The fourth-order valence-corrected chi connectivity index (χ4v) is 4.89. The van der Waals surface area contributed by atoms with Crippen LogP contribution < -0.4 is 10.6 Å². The third-order valence-electron chi connectivity index (χ3n) is 4.65. The van der Waals surface area contributed by atoms with Crippen molar-refractivity contribution in [2.45, 2.75) is 26.2 Å². The molecule has 1 saturated heterocycles. The van der Waals surface area contributed by atoms with Gasteiger partial charge >= 0.3 is 0 Å². The average Bonchev–Trinajstić information content (AvgIpc) is 3.25. The van der Waals surface area contributed by atoms with Gasteiger partial charge in [0.05, 0.1) is 27.6 Å². The number of carbonyl (C=O) groups excluding carboxylic acids is 1. The zero-order chi connectivity index (χ0) is 17.7. The van der Waals surface area contributed by atoms with Gasteiger partial charge < -0.3 is 15.4 Å². The number of ether oxygens (including phenoxy) is 1. The van der Waals surface area contributed by atoms with Gasteiger partial charge in [0.2, 0.25) is 5.91 Å². The van der Waals surface area contributed by atoms with Gasteiger partial charge in [0.25, 0.3) is 0 Å². The number of hydrogen-bond acceptors (Lipinski definition) is 6. The molecule has 7 heteroatoms. The minimum atomic E-state index is -0.376. The SMILES string of the molecule is COCC1(C(=O)NCCc2ccc(-c3csc(C)n3)s2)CCNCC1. The summed E-state index contributed by atoms with van der Waals surface area (Å²) in [6, 6.07) is 4.26. The number of nitrogens with one attached hydrogen (secondary N) is 2. The first-order valence-corrected chi connectivity index (χ1v) is 10.3. The minimum absolute atomic E-state index is 0.128. The summed E-state index contributed by atoms with van der Waals surface area (Å²) in [4.78, 5) is 19.7. The van der Waals surface area contributed by atoms with E-state index in [1.165, 1.54) is 9.75 Å². The van der Waals surface area contributed by atoms with Crippen LogP contribution in [0.4, 0.5) is 0 Å². The van der Waals surface area contributed by atoms with E-state index in [2.05, 4.69) is 33.1 Å². The number of carbonyl (C=O) groups is 1. The van der Waals surface area contributed by atoms with Gasteiger partial charge in [-0.2, -0.15) is 0 Å². The maximum atomic E-state index is 12.7. The highest BCUT2D eigenvalue weighted by Crippen LogP contribution is 2.30. The lowest BCUT2D eigenvalue weighted by atomic mass is 9.78. The number of thiophene rings is 1. The molecule has 1 amide bonds. The molecular weight excluding hydrogens is 354 g/mol. The number of hydrogen-bond donors (Lipinski definition) is 2. The van der Waals surface area contributed by atoms with E-state index in [1.54, 1.807) is 29.8 Å². The van der Waals surface area contributed by atoms with E-state index < -0.39 is 0 Å². The van der Waals surface area contributed by atoms with Crippen LogP contribution >= 0.6 is 22.7 Å². The number of amides is 1. The van der Waals surface area contributed by atoms with Crippen LogP contribution in [-0.4, -0.2) is 44.2 Å². The van der Waals surface area contributed by atoms with Gasteiger partial charge in [-0.25, -0.2) is 4.98 Å². The lowest BCUT2D eigenvalue weighted by Crippen LogP contribution is -2.50. The van der Waals surface area contributed by atoms with Crippen LogP contribution in [0.25, 0.3) is 10.6 Å². The molecule has 3 rings (SSSR count). The molecular formula is C18H25N3O2S2. The molecule has 3 heterocycles. The highest BCUT2D eigenvalue weighted by atomic mass is 32.1. The van der Waals surface area contributed by atoms with Crippen molar-refractivity contribution < 1.29 is 9.53 Å². The Morgan fingerprint density at radius 3 is 2.88 bits per heavy atom. The Labute approximate surface area is 156 Å². The molecule has 5 nitrogen and oxygen atoms in total. The summed E-state index contributed by atoms with van der Waals surface area (Å²) in [6.07, 6.45) is 2.51. The first-order valence-electron chi connectivity index (χ1n) is 8.62. The van der Waals surface area contributed by atoms with Gasteiger partial charge in [-0.3, -0.25) is 4.79 Å². The van der Waals surface area contributed by atoms with Gasteiger partial charge in [-0.05, 0) is 51.4 Å². The number of rotatable bonds is 7. The van der Waals surface area contributed by atoms with Crippen LogP contribution in [0.15, 0.2) is 17.5 Å². The second-order valence-corrected chi connectivity index (χ2v) is 8.72. The van der Waals surface area contributed by atoms with Crippen molar-refractivity contribution in [1.82, 2.24) is 15.6 Å². The van der Waals surface area contributed by atoms with Gasteiger partial charge in [-0.15, -0.1) is 22.7 Å². The number of methoxy groups -OCH3 is 1. The number of nitrogens with zero attached hydrogens (tertiary/aromatic N) is 1. The average molecular weight is 380 g/mol. The van der Waals surface area contributed by atoms with Crippen LogP contribution in [0, 0.1) is 12.3 Å². The number of thiazole rings is 1. The van der Waals surface area contributed by atoms with Crippen molar-refractivity contribution in [1.29, 1.82) is 0 Å². The predicted octanol–water partition coefficient (Wildman–Crippen LogP) is 2.85. The quantitative estimate of drug-likeness (QED) is 0.776. The maximum absolute atomic E-state index is 12.7. The molecule has 1 aliphatic rings. The van der Waals surface area contributed by atoms with E-state index in [0.717, 1.165) is 43.1 Å². The molecule has 136 valence electrons. The highest BCUT2D eigenvalue weighted by Gasteiger charge is 2.39. The van der Waals surface area contributed by atoms with E-state index in [0.29, 0.717) is 13.2 Å². The molecule has 0 atom stereocenters. The molecule has 2 N–H and O–H groups in total. The molecule has 1 aliphatic heterocycles. The highest BCUT2D eigenvalue weighted by molar-refractivity contribution is 7.16. The molecule has 1 fully saturated rings. The second kappa shape index (κ2) is 8.40. The smallest absolute Gasteiger partial charge is 0.228 e. The zero-order valence-corrected chi connectivity index (χ0v) is 16.4. The molecule has 0 spiro atoms.